The molecule has 3 rings (SSSR count). The van der Waals surface area contributed by atoms with Gasteiger partial charge < -0.3 is 11.1 Å². The van der Waals surface area contributed by atoms with Crippen LogP contribution in [0.5, 0.6) is 0 Å². The molecule has 1 heterocycles. The molecule has 0 radical (unpaired) electrons. The summed E-state index contributed by atoms with van der Waals surface area (Å²) in [5, 5.41) is 5.10. The van der Waals surface area contributed by atoms with Gasteiger partial charge in [-0.15, -0.1) is 0 Å². The molecule has 0 spiro atoms. The summed E-state index contributed by atoms with van der Waals surface area (Å²) in [5.41, 5.74) is 7.39. The van der Waals surface area contributed by atoms with Crippen molar-refractivity contribution in [1.82, 2.24) is 10.3 Å². The number of carbonyl (C=O) groups is 1. The van der Waals surface area contributed by atoms with Crippen LogP contribution in [0.15, 0.2) is 65.4 Å². The van der Waals surface area contributed by atoms with Crippen molar-refractivity contribution in [2.24, 2.45) is 5.73 Å². The third kappa shape index (κ3) is 3.80. The summed E-state index contributed by atoms with van der Waals surface area (Å²) < 4.78 is 0.981. The van der Waals surface area contributed by atoms with E-state index in [1.165, 1.54) is 0 Å². The van der Waals surface area contributed by atoms with E-state index in [0.29, 0.717) is 18.5 Å². The normalized spacial score (nSPS) is 12.1. The number of hydrogen-bond acceptors (Lipinski definition) is 3. The molecule has 1 amide bonds. The van der Waals surface area contributed by atoms with E-state index < -0.39 is 0 Å². The fourth-order valence-corrected chi connectivity index (χ4v) is 3.10. The summed E-state index contributed by atoms with van der Waals surface area (Å²) in [6.07, 6.45) is 4.19. The Bertz CT molecular complexity index is 866. The molecule has 3 aromatic rings. The maximum Gasteiger partial charge on any atom is 0.251 e. The van der Waals surface area contributed by atoms with Crippen LogP contribution in [0, 0.1) is 0 Å². The van der Waals surface area contributed by atoms with Crippen LogP contribution in [0.1, 0.15) is 28.4 Å². The van der Waals surface area contributed by atoms with Crippen molar-refractivity contribution < 1.29 is 4.79 Å². The summed E-state index contributed by atoms with van der Waals surface area (Å²) in [6.45, 7) is 0.501. The van der Waals surface area contributed by atoms with Crippen molar-refractivity contribution in [3.05, 3.63) is 76.5 Å². The van der Waals surface area contributed by atoms with Crippen LogP contribution in [0.25, 0.3) is 10.8 Å². The number of halogens is 1. The van der Waals surface area contributed by atoms with E-state index in [-0.39, 0.29) is 11.9 Å². The molecule has 1 aromatic heterocycles. The Hall–Kier alpha value is -2.24. The van der Waals surface area contributed by atoms with Gasteiger partial charge in [0.05, 0.1) is 6.04 Å². The number of fused-ring (bicyclic) bond motifs is 1. The zero-order chi connectivity index (χ0) is 16.9. The molecule has 0 saturated heterocycles. The van der Waals surface area contributed by atoms with Crippen molar-refractivity contribution in [2.75, 3.05) is 6.54 Å². The average molecular weight is 384 g/mol. The highest BCUT2D eigenvalue weighted by Crippen LogP contribution is 2.22. The van der Waals surface area contributed by atoms with Crippen molar-refractivity contribution in [1.29, 1.82) is 0 Å². The minimum Gasteiger partial charge on any atom is -0.345 e. The summed E-state index contributed by atoms with van der Waals surface area (Å²) >= 11 is 3.47. The standard InChI is InChI=1S/C19H18BrN3O/c20-17-3-1-2-14(11-17)18(6-8-21)23-19(24)15-4-5-16-12-22-9-7-13(16)10-15/h1-5,7,9-12,18H,6,8,21H2,(H,23,24)/t18-/m0/s1. The molecular weight excluding hydrogens is 366 g/mol. The lowest BCUT2D eigenvalue weighted by atomic mass is 10.0. The highest BCUT2D eigenvalue weighted by molar-refractivity contribution is 9.10. The fraction of sp³-hybridized carbons (Fsp3) is 0.158. The molecule has 3 N–H and O–H groups in total. The Kier molecular flexibility index (Phi) is 5.23. The van der Waals surface area contributed by atoms with Gasteiger partial charge in [0.1, 0.15) is 0 Å². The van der Waals surface area contributed by atoms with E-state index in [1.807, 2.05) is 48.5 Å². The van der Waals surface area contributed by atoms with Crippen LogP contribution in [0.2, 0.25) is 0 Å². The number of nitrogens with two attached hydrogens (primary N) is 1. The number of carbonyl (C=O) groups excluding carboxylic acids is 1. The minimum atomic E-state index is -0.117. The molecule has 1 atom stereocenters. The molecule has 0 aliphatic rings. The smallest absolute Gasteiger partial charge is 0.251 e. The van der Waals surface area contributed by atoms with E-state index in [2.05, 4.69) is 26.2 Å². The lowest BCUT2D eigenvalue weighted by molar-refractivity contribution is 0.0935. The Balaban J connectivity index is 1.84. The summed E-state index contributed by atoms with van der Waals surface area (Å²) in [7, 11) is 0. The first-order valence-electron chi connectivity index (χ1n) is 7.77. The Morgan fingerprint density at radius 3 is 2.83 bits per heavy atom. The molecule has 122 valence electrons. The molecule has 0 aliphatic heterocycles. The first-order valence-corrected chi connectivity index (χ1v) is 8.57. The highest BCUT2D eigenvalue weighted by atomic mass is 79.9. The molecule has 24 heavy (non-hydrogen) atoms. The number of nitrogens with zero attached hydrogens (tertiary/aromatic N) is 1. The van der Waals surface area contributed by atoms with Crippen molar-refractivity contribution in [3.8, 4) is 0 Å². The lowest BCUT2D eigenvalue weighted by Gasteiger charge is -2.19. The minimum absolute atomic E-state index is 0.105. The number of amides is 1. The third-order valence-corrected chi connectivity index (χ3v) is 4.41. The summed E-state index contributed by atoms with van der Waals surface area (Å²) in [4.78, 5) is 16.7. The molecule has 0 fully saturated rings. The maximum atomic E-state index is 12.7. The molecule has 4 nitrogen and oxygen atoms in total. The number of benzene rings is 2. The number of aromatic nitrogens is 1. The highest BCUT2D eigenvalue weighted by Gasteiger charge is 2.15. The monoisotopic (exact) mass is 383 g/mol. The molecule has 2 aromatic carbocycles. The quantitative estimate of drug-likeness (QED) is 0.703. The largest absolute Gasteiger partial charge is 0.345 e. The van der Waals surface area contributed by atoms with E-state index in [0.717, 1.165) is 20.8 Å². The SMILES string of the molecule is NCC[C@H](NC(=O)c1ccc2cnccc2c1)c1cccc(Br)c1. The van der Waals surface area contributed by atoms with Gasteiger partial charge in [-0.05, 0) is 54.2 Å². The van der Waals surface area contributed by atoms with Gasteiger partial charge in [0.25, 0.3) is 5.91 Å². The van der Waals surface area contributed by atoms with Crippen molar-refractivity contribution in [2.45, 2.75) is 12.5 Å². The summed E-state index contributed by atoms with van der Waals surface area (Å²) in [6, 6.07) is 15.3. The predicted octanol–water partition coefficient (Wildman–Crippen LogP) is 3.82. The Morgan fingerprint density at radius 2 is 2.04 bits per heavy atom. The van der Waals surface area contributed by atoms with Crippen molar-refractivity contribution >= 4 is 32.6 Å². The van der Waals surface area contributed by atoms with E-state index in [4.69, 9.17) is 5.73 Å². The van der Waals surface area contributed by atoms with E-state index in [1.54, 1.807) is 12.4 Å². The second kappa shape index (κ2) is 7.55. The number of nitrogens with one attached hydrogen (secondary N) is 1. The first-order chi connectivity index (χ1) is 11.7. The van der Waals surface area contributed by atoms with Crippen molar-refractivity contribution in [3.63, 3.8) is 0 Å². The maximum absolute atomic E-state index is 12.7. The number of rotatable bonds is 5. The number of pyridine rings is 1. The second-order valence-corrected chi connectivity index (χ2v) is 6.51. The Morgan fingerprint density at radius 1 is 1.17 bits per heavy atom. The van der Waals surface area contributed by atoms with E-state index >= 15 is 0 Å². The lowest BCUT2D eigenvalue weighted by Crippen LogP contribution is -2.30. The second-order valence-electron chi connectivity index (χ2n) is 5.60. The topological polar surface area (TPSA) is 68.0 Å². The van der Waals surface area contributed by atoms with Gasteiger partial charge in [-0.25, -0.2) is 0 Å². The van der Waals surface area contributed by atoms with Crippen LogP contribution >= 0.6 is 15.9 Å². The molecule has 0 bridgehead atoms. The molecule has 0 saturated carbocycles. The molecule has 0 aliphatic carbocycles. The van der Waals surface area contributed by atoms with Crippen LogP contribution in [0.4, 0.5) is 0 Å². The van der Waals surface area contributed by atoms with E-state index in [9.17, 15) is 4.79 Å². The number of hydrogen-bond donors (Lipinski definition) is 2. The Labute approximate surface area is 149 Å². The van der Waals surface area contributed by atoms with Gasteiger partial charge >= 0.3 is 0 Å². The van der Waals surface area contributed by atoms with Gasteiger partial charge in [-0.2, -0.15) is 0 Å². The van der Waals surface area contributed by atoms with Gasteiger partial charge in [-0.1, -0.05) is 34.1 Å². The molecule has 5 heteroatoms. The predicted molar refractivity (Wildman–Crippen MR) is 99.8 cm³/mol. The van der Waals surface area contributed by atoms with Gasteiger partial charge in [-0.3, -0.25) is 9.78 Å². The fourth-order valence-electron chi connectivity index (χ4n) is 2.68. The van der Waals surface area contributed by atoms with Crippen LogP contribution < -0.4 is 11.1 Å². The van der Waals surface area contributed by atoms with Gasteiger partial charge in [0, 0.05) is 27.8 Å². The molecule has 0 unspecified atom stereocenters. The summed E-state index contributed by atoms with van der Waals surface area (Å²) in [5.74, 6) is -0.105. The zero-order valence-electron chi connectivity index (χ0n) is 13.1. The van der Waals surface area contributed by atoms with Gasteiger partial charge in [0.15, 0.2) is 0 Å². The van der Waals surface area contributed by atoms with Crippen LogP contribution in [-0.2, 0) is 0 Å². The first kappa shape index (κ1) is 16.6. The average Bonchev–Trinajstić information content (AvgIpc) is 2.61. The third-order valence-electron chi connectivity index (χ3n) is 3.91. The van der Waals surface area contributed by atoms with Gasteiger partial charge in [0.2, 0.25) is 0 Å². The zero-order valence-corrected chi connectivity index (χ0v) is 14.7. The van der Waals surface area contributed by atoms with Crippen LogP contribution in [0.3, 0.4) is 0 Å². The molecular formula is C19H18BrN3O. The van der Waals surface area contributed by atoms with Crippen LogP contribution in [-0.4, -0.2) is 17.4 Å².